The molecule has 1 aliphatic rings. The number of nitrogens with one attached hydrogen (secondary N) is 1. The quantitative estimate of drug-likeness (QED) is 0.885. The zero-order valence-electron chi connectivity index (χ0n) is 15.8. The number of carbonyl (C=O) groups is 1. The number of ether oxygens (including phenoxy) is 2. The number of aromatic nitrogens is 1. The van der Waals surface area contributed by atoms with E-state index in [-0.39, 0.29) is 12.0 Å². The summed E-state index contributed by atoms with van der Waals surface area (Å²) in [6, 6.07) is 10.2. The molecular weight excluding hydrogens is 328 g/mol. The lowest BCUT2D eigenvalue weighted by molar-refractivity contribution is 0.0521. The van der Waals surface area contributed by atoms with Gasteiger partial charge in [0, 0.05) is 29.9 Å². The van der Waals surface area contributed by atoms with Crippen molar-refractivity contribution >= 4 is 6.09 Å². The Bertz CT molecular complexity index is 796. The zero-order chi connectivity index (χ0) is 18.7. The van der Waals surface area contributed by atoms with Crippen molar-refractivity contribution in [2.45, 2.75) is 45.6 Å². The van der Waals surface area contributed by atoms with Gasteiger partial charge in [-0.3, -0.25) is 4.98 Å². The Morgan fingerprint density at radius 2 is 2.15 bits per heavy atom. The van der Waals surface area contributed by atoms with Gasteiger partial charge < -0.3 is 14.8 Å². The minimum Gasteiger partial charge on any atom is -0.493 e. The van der Waals surface area contributed by atoms with Crippen molar-refractivity contribution < 1.29 is 14.3 Å². The van der Waals surface area contributed by atoms with Crippen molar-refractivity contribution in [2.75, 3.05) is 13.2 Å². The van der Waals surface area contributed by atoms with E-state index in [9.17, 15) is 4.79 Å². The number of amides is 1. The number of para-hydroxylation sites is 1. The lowest BCUT2D eigenvalue weighted by Gasteiger charge is -2.28. The molecular formula is C21H26N2O3. The normalized spacial score (nSPS) is 16.4. The van der Waals surface area contributed by atoms with Crippen molar-refractivity contribution in [3.8, 4) is 16.9 Å². The number of nitrogens with zero attached hydrogens (tertiary/aromatic N) is 1. The minimum atomic E-state index is -0.496. The number of fused-ring (bicyclic) bond motifs is 1. The first-order valence-corrected chi connectivity index (χ1v) is 8.99. The molecule has 0 bridgehead atoms. The topological polar surface area (TPSA) is 60.5 Å². The fraction of sp³-hybridized carbons (Fsp3) is 0.429. The number of pyridine rings is 1. The van der Waals surface area contributed by atoms with E-state index in [1.165, 1.54) is 0 Å². The molecule has 5 heteroatoms. The smallest absolute Gasteiger partial charge is 0.407 e. The summed E-state index contributed by atoms with van der Waals surface area (Å²) in [7, 11) is 0. The molecule has 0 fully saturated rings. The predicted molar refractivity (Wildman–Crippen MR) is 101 cm³/mol. The van der Waals surface area contributed by atoms with Crippen LogP contribution in [0.15, 0.2) is 36.5 Å². The van der Waals surface area contributed by atoms with E-state index in [1.54, 1.807) is 0 Å². The Morgan fingerprint density at radius 3 is 2.88 bits per heavy atom. The zero-order valence-corrected chi connectivity index (χ0v) is 15.8. The van der Waals surface area contributed by atoms with Crippen LogP contribution in [-0.4, -0.2) is 29.8 Å². The number of carbonyl (C=O) groups excluding carboxylic acids is 1. The van der Waals surface area contributed by atoms with Crippen molar-refractivity contribution in [1.82, 2.24) is 10.3 Å². The monoisotopic (exact) mass is 354 g/mol. The third-order valence-corrected chi connectivity index (χ3v) is 4.30. The maximum Gasteiger partial charge on any atom is 0.407 e. The summed E-state index contributed by atoms with van der Waals surface area (Å²) in [6.07, 6.45) is 2.29. The number of hydrogen-bond acceptors (Lipinski definition) is 4. The van der Waals surface area contributed by atoms with Gasteiger partial charge in [-0.15, -0.1) is 0 Å². The molecule has 0 saturated carbocycles. The first kappa shape index (κ1) is 18.2. The fourth-order valence-electron chi connectivity index (χ4n) is 3.17. The van der Waals surface area contributed by atoms with E-state index in [4.69, 9.17) is 9.47 Å². The third kappa shape index (κ3) is 4.34. The molecule has 2 aromatic rings. The third-order valence-electron chi connectivity index (χ3n) is 4.30. The highest BCUT2D eigenvalue weighted by Crippen LogP contribution is 2.40. The van der Waals surface area contributed by atoms with Gasteiger partial charge in [0.25, 0.3) is 0 Å². The summed E-state index contributed by atoms with van der Waals surface area (Å²) < 4.78 is 11.3. The van der Waals surface area contributed by atoms with E-state index < -0.39 is 5.60 Å². The predicted octanol–water partition coefficient (Wildman–Crippen LogP) is 4.45. The van der Waals surface area contributed by atoms with Crippen LogP contribution < -0.4 is 10.1 Å². The molecule has 1 aromatic heterocycles. The van der Waals surface area contributed by atoms with Gasteiger partial charge in [0.15, 0.2) is 0 Å². The lowest BCUT2D eigenvalue weighted by atomic mass is 9.89. The number of benzene rings is 1. The number of alkyl carbamates (subject to hydrolysis) is 1. The fourth-order valence-corrected chi connectivity index (χ4v) is 3.17. The van der Waals surface area contributed by atoms with Crippen LogP contribution in [-0.2, 0) is 4.74 Å². The maximum atomic E-state index is 12.0. The second-order valence-electron chi connectivity index (χ2n) is 7.63. The average Bonchev–Trinajstić information content (AvgIpc) is 2.58. The number of hydrogen-bond donors (Lipinski definition) is 1. The standard InChI is InChI=1S/C21H26N2O3/c1-14-12-15(8-10-22-14)17-6-5-7-18-16(9-11-25-19(17)18)13-23-20(24)26-21(2,3)4/h5-8,10,12,16H,9,11,13H2,1-4H3,(H,23,24)/t16-/m0/s1. The lowest BCUT2D eigenvalue weighted by Crippen LogP contribution is -2.35. The maximum absolute atomic E-state index is 12.0. The van der Waals surface area contributed by atoms with Crippen LogP contribution in [0.2, 0.25) is 0 Å². The molecule has 1 N–H and O–H groups in total. The number of aryl methyl sites for hydroxylation is 1. The van der Waals surface area contributed by atoms with E-state index >= 15 is 0 Å². The van der Waals surface area contributed by atoms with Crippen molar-refractivity contribution in [3.05, 3.63) is 47.8 Å². The van der Waals surface area contributed by atoms with Crippen LogP contribution in [0.4, 0.5) is 4.79 Å². The molecule has 26 heavy (non-hydrogen) atoms. The van der Waals surface area contributed by atoms with Gasteiger partial charge in [-0.05, 0) is 57.4 Å². The first-order valence-electron chi connectivity index (χ1n) is 8.99. The summed E-state index contributed by atoms with van der Waals surface area (Å²) in [5, 5.41) is 2.89. The molecule has 0 spiro atoms. The molecule has 0 radical (unpaired) electrons. The largest absolute Gasteiger partial charge is 0.493 e. The summed E-state index contributed by atoms with van der Waals surface area (Å²) in [4.78, 5) is 16.2. The van der Waals surface area contributed by atoms with Crippen LogP contribution in [0.3, 0.4) is 0 Å². The second kappa shape index (κ2) is 7.36. The van der Waals surface area contributed by atoms with Gasteiger partial charge in [0.1, 0.15) is 11.4 Å². The summed E-state index contributed by atoms with van der Waals surface area (Å²) >= 11 is 0. The molecule has 1 amide bonds. The van der Waals surface area contributed by atoms with Crippen LogP contribution in [0.25, 0.3) is 11.1 Å². The molecule has 1 atom stereocenters. The van der Waals surface area contributed by atoms with Crippen molar-refractivity contribution in [3.63, 3.8) is 0 Å². The van der Waals surface area contributed by atoms with Gasteiger partial charge >= 0.3 is 6.09 Å². The van der Waals surface area contributed by atoms with E-state index in [0.717, 1.165) is 34.6 Å². The van der Waals surface area contributed by atoms with E-state index in [2.05, 4.69) is 28.5 Å². The molecule has 2 heterocycles. The van der Waals surface area contributed by atoms with Gasteiger partial charge in [-0.2, -0.15) is 0 Å². The molecule has 5 nitrogen and oxygen atoms in total. The van der Waals surface area contributed by atoms with Gasteiger partial charge in [0.2, 0.25) is 0 Å². The molecule has 3 rings (SSSR count). The molecule has 0 aliphatic carbocycles. The Labute approximate surface area is 154 Å². The average molecular weight is 354 g/mol. The van der Waals surface area contributed by atoms with Crippen LogP contribution >= 0.6 is 0 Å². The van der Waals surface area contributed by atoms with E-state index in [0.29, 0.717) is 13.2 Å². The van der Waals surface area contributed by atoms with Crippen LogP contribution in [0.5, 0.6) is 5.75 Å². The van der Waals surface area contributed by atoms with Crippen LogP contribution in [0.1, 0.15) is 44.4 Å². The van der Waals surface area contributed by atoms with Gasteiger partial charge in [0.05, 0.1) is 6.61 Å². The minimum absolute atomic E-state index is 0.203. The Balaban J connectivity index is 1.80. The molecule has 0 unspecified atom stereocenters. The Kier molecular flexibility index (Phi) is 5.16. The highest BCUT2D eigenvalue weighted by Gasteiger charge is 2.25. The summed E-state index contributed by atoms with van der Waals surface area (Å²) in [6.45, 7) is 8.73. The summed E-state index contributed by atoms with van der Waals surface area (Å²) in [5.41, 5.74) is 3.76. The highest BCUT2D eigenvalue weighted by molar-refractivity contribution is 5.73. The molecule has 1 aromatic carbocycles. The first-order chi connectivity index (χ1) is 12.3. The van der Waals surface area contributed by atoms with Crippen molar-refractivity contribution in [1.29, 1.82) is 0 Å². The number of rotatable bonds is 3. The molecule has 138 valence electrons. The Hall–Kier alpha value is -2.56. The van der Waals surface area contributed by atoms with Crippen molar-refractivity contribution in [2.24, 2.45) is 0 Å². The van der Waals surface area contributed by atoms with E-state index in [1.807, 2.05) is 46.0 Å². The molecule has 1 aliphatic heterocycles. The second-order valence-corrected chi connectivity index (χ2v) is 7.63. The Morgan fingerprint density at radius 1 is 1.35 bits per heavy atom. The van der Waals surface area contributed by atoms with Gasteiger partial charge in [-0.25, -0.2) is 4.79 Å². The SMILES string of the molecule is Cc1cc(-c2cccc3c2OCC[C@H]3CNC(=O)OC(C)(C)C)ccn1. The highest BCUT2D eigenvalue weighted by atomic mass is 16.6. The molecule has 0 saturated heterocycles. The van der Waals surface area contributed by atoms with Crippen LogP contribution in [0, 0.1) is 6.92 Å². The van der Waals surface area contributed by atoms with Gasteiger partial charge in [-0.1, -0.05) is 18.2 Å². The summed E-state index contributed by atoms with van der Waals surface area (Å²) in [5.74, 6) is 1.11.